The summed E-state index contributed by atoms with van der Waals surface area (Å²) in [6.45, 7) is 2.70. The fourth-order valence-corrected chi connectivity index (χ4v) is 2.71. The predicted octanol–water partition coefficient (Wildman–Crippen LogP) is 3.26. The number of nitriles is 1. The van der Waals surface area contributed by atoms with Gasteiger partial charge in [-0.05, 0) is 49.2 Å². The van der Waals surface area contributed by atoms with Gasteiger partial charge in [0.1, 0.15) is 12.3 Å². The van der Waals surface area contributed by atoms with E-state index in [0.29, 0.717) is 16.8 Å². The molecule has 0 bridgehead atoms. The van der Waals surface area contributed by atoms with Gasteiger partial charge in [0.05, 0.1) is 11.3 Å². The highest BCUT2D eigenvalue weighted by atomic mass is 32.2. The standard InChI is InChI=1S/C15H15N3OS/c1-10-9-19-15(18-10)20-14-5-2-11(6-12(14)7-16)8-17-13-3-4-13/h2,5-6,9,13,17H,3-4,8H2,1H3. The van der Waals surface area contributed by atoms with Gasteiger partial charge < -0.3 is 9.73 Å². The van der Waals surface area contributed by atoms with E-state index in [1.165, 1.54) is 24.6 Å². The first-order chi connectivity index (χ1) is 9.74. The van der Waals surface area contributed by atoms with E-state index >= 15 is 0 Å². The highest BCUT2D eigenvalue weighted by Gasteiger charge is 2.20. The summed E-state index contributed by atoms with van der Waals surface area (Å²) in [4.78, 5) is 5.13. The lowest BCUT2D eigenvalue weighted by atomic mass is 10.1. The number of oxazole rings is 1. The number of nitrogens with zero attached hydrogens (tertiary/aromatic N) is 2. The Labute approximate surface area is 122 Å². The van der Waals surface area contributed by atoms with Crippen LogP contribution in [0, 0.1) is 18.3 Å². The van der Waals surface area contributed by atoms with Crippen molar-refractivity contribution >= 4 is 11.8 Å². The van der Waals surface area contributed by atoms with Crippen LogP contribution in [0.2, 0.25) is 0 Å². The highest BCUT2D eigenvalue weighted by Crippen LogP contribution is 2.30. The van der Waals surface area contributed by atoms with Crippen molar-refractivity contribution in [1.82, 2.24) is 10.3 Å². The molecule has 1 N–H and O–H groups in total. The molecule has 0 unspecified atom stereocenters. The first-order valence-electron chi connectivity index (χ1n) is 6.61. The summed E-state index contributed by atoms with van der Waals surface area (Å²) >= 11 is 1.38. The Kier molecular flexibility index (Phi) is 3.77. The number of hydrogen-bond acceptors (Lipinski definition) is 5. The molecule has 2 aromatic rings. The zero-order valence-electron chi connectivity index (χ0n) is 11.2. The average molecular weight is 285 g/mol. The van der Waals surface area contributed by atoms with Crippen LogP contribution < -0.4 is 5.32 Å². The Morgan fingerprint density at radius 1 is 1.50 bits per heavy atom. The summed E-state index contributed by atoms with van der Waals surface area (Å²) in [5.41, 5.74) is 2.65. The van der Waals surface area contributed by atoms with Gasteiger partial charge in [0.25, 0.3) is 5.22 Å². The van der Waals surface area contributed by atoms with Crippen molar-refractivity contribution in [3.8, 4) is 6.07 Å². The largest absolute Gasteiger partial charge is 0.439 e. The smallest absolute Gasteiger partial charge is 0.260 e. The van der Waals surface area contributed by atoms with E-state index < -0.39 is 0 Å². The molecule has 4 nitrogen and oxygen atoms in total. The van der Waals surface area contributed by atoms with Crippen LogP contribution in [0.5, 0.6) is 0 Å². The summed E-state index contributed by atoms with van der Waals surface area (Å²) in [6.07, 6.45) is 4.15. The fourth-order valence-electron chi connectivity index (χ4n) is 1.89. The summed E-state index contributed by atoms with van der Waals surface area (Å²) in [5, 5.41) is 13.3. The molecule has 5 heteroatoms. The molecule has 1 aliphatic carbocycles. The molecule has 1 aliphatic rings. The van der Waals surface area contributed by atoms with Crippen molar-refractivity contribution < 1.29 is 4.42 Å². The van der Waals surface area contributed by atoms with Crippen molar-refractivity contribution in [3.05, 3.63) is 41.3 Å². The second kappa shape index (κ2) is 5.70. The molecule has 3 rings (SSSR count). The number of nitrogens with one attached hydrogen (secondary N) is 1. The Morgan fingerprint density at radius 2 is 2.35 bits per heavy atom. The summed E-state index contributed by atoms with van der Waals surface area (Å²) < 4.78 is 5.32. The molecular weight excluding hydrogens is 270 g/mol. The molecule has 0 atom stereocenters. The molecule has 1 heterocycles. The van der Waals surface area contributed by atoms with E-state index in [-0.39, 0.29) is 0 Å². The highest BCUT2D eigenvalue weighted by molar-refractivity contribution is 7.99. The fraction of sp³-hybridized carbons (Fsp3) is 0.333. The SMILES string of the molecule is Cc1coc(Sc2ccc(CNC3CC3)cc2C#N)n1. The number of rotatable bonds is 5. The Morgan fingerprint density at radius 3 is 3.00 bits per heavy atom. The molecule has 1 aromatic carbocycles. The predicted molar refractivity (Wildman–Crippen MR) is 76.4 cm³/mol. The van der Waals surface area contributed by atoms with Gasteiger partial charge in [0.15, 0.2) is 0 Å². The minimum atomic E-state index is 0.572. The Hall–Kier alpha value is -1.77. The lowest BCUT2D eigenvalue weighted by Crippen LogP contribution is -2.15. The molecule has 0 saturated heterocycles. The summed E-state index contributed by atoms with van der Waals surface area (Å²) in [6, 6.07) is 8.87. The zero-order valence-corrected chi connectivity index (χ0v) is 12.0. The minimum absolute atomic E-state index is 0.572. The van der Waals surface area contributed by atoms with Crippen molar-refractivity contribution in [3.63, 3.8) is 0 Å². The van der Waals surface area contributed by atoms with Crippen molar-refractivity contribution in [2.45, 2.75) is 42.5 Å². The van der Waals surface area contributed by atoms with Gasteiger partial charge in [-0.1, -0.05) is 6.07 Å². The van der Waals surface area contributed by atoms with Gasteiger partial charge in [-0.3, -0.25) is 0 Å². The molecule has 1 fully saturated rings. The molecule has 20 heavy (non-hydrogen) atoms. The van der Waals surface area contributed by atoms with Crippen LogP contribution in [-0.4, -0.2) is 11.0 Å². The lowest BCUT2D eigenvalue weighted by molar-refractivity contribution is 0.454. The third-order valence-electron chi connectivity index (χ3n) is 3.13. The summed E-state index contributed by atoms with van der Waals surface area (Å²) in [5.74, 6) is 0. The average Bonchev–Trinajstić information content (AvgIpc) is 3.20. The summed E-state index contributed by atoms with van der Waals surface area (Å²) in [7, 11) is 0. The quantitative estimate of drug-likeness (QED) is 0.913. The second-order valence-electron chi connectivity index (χ2n) is 4.95. The van der Waals surface area contributed by atoms with Crippen LogP contribution in [-0.2, 0) is 6.54 Å². The van der Waals surface area contributed by atoms with E-state index in [1.54, 1.807) is 6.26 Å². The van der Waals surface area contributed by atoms with Gasteiger partial charge in [-0.15, -0.1) is 0 Å². The first-order valence-corrected chi connectivity index (χ1v) is 7.42. The molecule has 0 radical (unpaired) electrons. The topological polar surface area (TPSA) is 61.9 Å². The molecule has 1 aromatic heterocycles. The molecule has 0 aliphatic heterocycles. The van der Waals surface area contributed by atoms with Crippen molar-refractivity contribution in [2.75, 3.05) is 0 Å². The molecule has 102 valence electrons. The monoisotopic (exact) mass is 285 g/mol. The number of hydrogen-bond donors (Lipinski definition) is 1. The van der Waals surface area contributed by atoms with E-state index in [2.05, 4.69) is 16.4 Å². The zero-order chi connectivity index (χ0) is 13.9. The van der Waals surface area contributed by atoms with Crippen molar-refractivity contribution in [1.29, 1.82) is 5.26 Å². The molecule has 0 amide bonds. The van der Waals surface area contributed by atoms with Gasteiger partial charge in [0.2, 0.25) is 0 Å². The van der Waals surface area contributed by atoms with Crippen LogP contribution >= 0.6 is 11.8 Å². The second-order valence-corrected chi connectivity index (χ2v) is 5.95. The maximum Gasteiger partial charge on any atom is 0.260 e. The molecular formula is C15H15N3OS. The number of aryl methyl sites for hydroxylation is 1. The van der Waals surface area contributed by atoms with E-state index in [4.69, 9.17) is 4.42 Å². The number of benzene rings is 1. The van der Waals surface area contributed by atoms with Gasteiger partial charge in [-0.25, -0.2) is 4.98 Å². The molecule has 0 spiro atoms. The third-order valence-corrected chi connectivity index (χ3v) is 4.07. The third kappa shape index (κ3) is 3.21. The maximum atomic E-state index is 9.28. The van der Waals surface area contributed by atoms with Crippen LogP contribution in [0.25, 0.3) is 0 Å². The number of aromatic nitrogens is 1. The Bertz CT molecular complexity index is 655. The Balaban J connectivity index is 1.74. The molecule has 1 saturated carbocycles. The van der Waals surface area contributed by atoms with Crippen molar-refractivity contribution in [2.24, 2.45) is 0 Å². The van der Waals surface area contributed by atoms with Crippen LogP contribution in [0.3, 0.4) is 0 Å². The van der Waals surface area contributed by atoms with Gasteiger partial charge in [0, 0.05) is 17.5 Å². The van der Waals surface area contributed by atoms with E-state index in [0.717, 1.165) is 22.7 Å². The van der Waals surface area contributed by atoms with Crippen LogP contribution in [0.15, 0.2) is 39.0 Å². The normalized spacial score (nSPS) is 14.2. The maximum absolute atomic E-state index is 9.28. The van der Waals surface area contributed by atoms with E-state index in [1.807, 2.05) is 25.1 Å². The van der Waals surface area contributed by atoms with Gasteiger partial charge >= 0.3 is 0 Å². The minimum Gasteiger partial charge on any atom is -0.439 e. The van der Waals surface area contributed by atoms with Gasteiger partial charge in [-0.2, -0.15) is 5.26 Å². The lowest BCUT2D eigenvalue weighted by Gasteiger charge is -2.06. The van der Waals surface area contributed by atoms with E-state index in [9.17, 15) is 5.26 Å². The van der Waals surface area contributed by atoms with Crippen LogP contribution in [0.4, 0.5) is 0 Å². The first kappa shape index (κ1) is 13.2. The van der Waals surface area contributed by atoms with Crippen LogP contribution in [0.1, 0.15) is 29.7 Å².